The lowest BCUT2D eigenvalue weighted by Crippen LogP contribution is -2.45. The van der Waals surface area contributed by atoms with Crippen LogP contribution in [0.4, 0.5) is 0 Å². The van der Waals surface area contributed by atoms with Crippen LogP contribution in [0.2, 0.25) is 0 Å². The first-order valence-corrected chi connectivity index (χ1v) is 8.91. The van der Waals surface area contributed by atoms with Gasteiger partial charge in [0.1, 0.15) is 0 Å². The molecule has 2 aromatic carbocycles. The van der Waals surface area contributed by atoms with Crippen molar-refractivity contribution in [3.8, 4) is 11.1 Å². The van der Waals surface area contributed by atoms with Gasteiger partial charge in [0.15, 0.2) is 0 Å². The lowest BCUT2D eigenvalue weighted by atomic mass is 10.0. The quantitative estimate of drug-likeness (QED) is 0.929. The van der Waals surface area contributed by atoms with Crippen LogP contribution in [0, 0.1) is 0 Å². The van der Waals surface area contributed by atoms with Gasteiger partial charge in [-0.1, -0.05) is 49.7 Å². The molecule has 0 spiro atoms. The van der Waals surface area contributed by atoms with E-state index >= 15 is 0 Å². The molecule has 24 heavy (non-hydrogen) atoms. The average Bonchev–Trinajstić information content (AvgIpc) is 2.62. The Labute approximate surface area is 144 Å². The number of nitrogens with two attached hydrogens (primary N) is 1. The lowest BCUT2D eigenvalue weighted by molar-refractivity contribution is 0.0709. The van der Waals surface area contributed by atoms with Gasteiger partial charge in [-0.2, -0.15) is 0 Å². The Morgan fingerprint density at radius 2 is 1.71 bits per heavy atom. The van der Waals surface area contributed by atoms with Gasteiger partial charge in [-0.05, 0) is 48.1 Å². The molecule has 2 N–H and O–H groups in total. The minimum absolute atomic E-state index is 0.0926. The molecule has 1 amide bonds. The van der Waals surface area contributed by atoms with Crippen molar-refractivity contribution in [2.24, 2.45) is 5.73 Å². The monoisotopic (exact) mass is 322 g/mol. The van der Waals surface area contributed by atoms with E-state index in [1.807, 2.05) is 29.2 Å². The molecule has 1 fully saturated rings. The molecule has 2 aromatic rings. The van der Waals surface area contributed by atoms with Gasteiger partial charge in [0, 0.05) is 24.7 Å². The Kier molecular flexibility index (Phi) is 5.31. The molecule has 1 unspecified atom stereocenters. The summed E-state index contributed by atoms with van der Waals surface area (Å²) in [5.74, 6) is 0.0926. The summed E-state index contributed by atoms with van der Waals surface area (Å²) < 4.78 is 0. The Balaban J connectivity index is 1.71. The van der Waals surface area contributed by atoms with Gasteiger partial charge >= 0.3 is 0 Å². The number of carbonyl (C=O) groups excluding carboxylic acids is 1. The van der Waals surface area contributed by atoms with Crippen molar-refractivity contribution < 1.29 is 4.79 Å². The first-order valence-electron chi connectivity index (χ1n) is 8.91. The minimum Gasteiger partial charge on any atom is -0.337 e. The van der Waals surface area contributed by atoms with Crippen molar-refractivity contribution in [3.63, 3.8) is 0 Å². The van der Waals surface area contributed by atoms with E-state index in [1.165, 1.54) is 11.1 Å². The maximum Gasteiger partial charge on any atom is 0.253 e. The van der Waals surface area contributed by atoms with Gasteiger partial charge in [0.2, 0.25) is 0 Å². The summed E-state index contributed by atoms with van der Waals surface area (Å²) in [5.41, 5.74) is 10.4. The number of hydrogen-bond acceptors (Lipinski definition) is 2. The third kappa shape index (κ3) is 3.85. The molecule has 0 bridgehead atoms. The van der Waals surface area contributed by atoms with Crippen molar-refractivity contribution in [2.75, 3.05) is 13.1 Å². The highest BCUT2D eigenvalue weighted by molar-refractivity contribution is 5.94. The molecule has 3 rings (SSSR count). The van der Waals surface area contributed by atoms with Gasteiger partial charge in [0.25, 0.3) is 5.91 Å². The SMILES string of the molecule is CCCc1ccc(-c2ccc(C(=O)N3CCCC(N)C3)cc2)cc1. The van der Waals surface area contributed by atoms with Crippen molar-refractivity contribution in [2.45, 2.75) is 38.6 Å². The van der Waals surface area contributed by atoms with Crippen LogP contribution in [0.25, 0.3) is 11.1 Å². The zero-order chi connectivity index (χ0) is 16.9. The number of nitrogens with zero attached hydrogens (tertiary/aromatic N) is 1. The van der Waals surface area contributed by atoms with E-state index in [4.69, 9.17) is 5.73 Å². The van der Waals surface area contributed by atoms with E-state index in [0.717, 1.165) is 43.4 Å². The van der Waals surface area contributed by atoms with Crippen LogP contribution in [-0.2, 0) is 6.42 Å². The maximum atomic E-state index is 12.6. The minimum atomic E-state index is 0.0926. The number of piperidine rings is 1. The van der Waals surface area contributed by atoms with Crippen LogP contribution in [0.1, 0.15) is 42.1 Å². The second-order valence-electron chi connectivity index (χ2n) is 6.68. The predicted molar refractivity (Wildman–Crippen MR) is 99.0 cm³/mol. The van der Waals surface area contributed by atoms with Crippen molar-refractivity contribution in [1.29, 1.82) is 0 Å². The average molecular weight is 322 g/mol. The molecule has 1 heterocycles. The fourth-order valence-corrected chi connectivity index (χ4v) is 3.33. The third-order valence-electron chi connectivity index (χ3n) is 4.70. The van der Waals surface area contributed by atoms with Crippen LogP contribution in [0.5, 0.6) is 0 Å². The number of aryl methyl sites for hydroxylation is 1. The molecular weight excluding hydrogens is 296 g/mol. The standard InChI is InChI=1S/C21H26N2O/c1-2-4-16-6-8-17(9-7-16)18-10-12-19(13-11-18)21(24)23-14-3-5-20(22)15-23/h6-13,20H,2-5,14-15,22H2,1H3. The Bertz CT molecular complexity index is 676. The zero-order valence-electron chi connectivity index (χ0n) is 14.4. The highest BCUT2D eigenvalue weighted by Crippen LogP contribution is 2.22. The fourth-order valence-electron chi connectivity index (χ4n) is 3.33. The zero-order valence-corrected chi connectivity index (χ0v) is 14.4. The van der Waals surface area contributed by atoms with Crippen molar-refractivity contribution >= 4 is 5.91 Å². The molecule has 0 aromatic heterocycles. The number of hydrogen-bond donors (Lipinski definition) is 1. The number of benzene rings is 2. The number of amides is 1. The molecule has 0 aliphatic carbocycles. The maximum absolute atomic E-state index is 12.6. The van der Waals surface area contributed by atoms with Crippen molar-refractivity contribution in [1.82, 2.24) is 4.90 Å². The molecule has 1 aliphatic heterocycles. The largest absolute Gasteiger partial charge is 0.337 e. The van der Waals surface area contributed by atoms with Crippen LogP contribution in [-0.4, -0.2) is 29.9 Å². The molecule has 3 heteroatoms. The molecule has 1 atom stereocenters. The smallest absolute Gasteiger partial charge is 0.253 e. The summed E-state index contributed by atoms with van der Waals surface area (Å²) in [6, 6.07) is 16.7. The summed E-state index contributed by atoms with van der Waals surface area (Å²) in [4.78, 5) is 14.5. The second kappa shape index (κ2) is 7.63. The van der Waals surface area contributed by atoms with E-state index < -0.39 is 0 Å². The van der Waals surface area contributed by atoms with Crippen LogP contribution >= 0.6 is 0 Å². The van der Waals surface area contributed by atoms with Crippen molar-refractivity contribution in [3.05, 3.63) is 59.7 Å². The number of likely N-dealkylation sites (tertiary alicyclic amines) is 1. The van der Waals surface area contributed by atoms with Gasteiger partial charge in [0.05, 0.1) is 0 Å². The van der Waals surface area contributed by atoms with E-state index in [1.54, 1.807) is 0 Å². The Morgan fingerprint density at radius 1 is 1.08 bits per heavy atom. The molecule has 0 radical (unpaired) electrons. The first-order chi connectivity index (χ1) is 11.7. The lowest BCUT2D eigenvalue weighted by Gasteiger charge is -2.30. The number of carbonyl (C=O) groups is 1. The van der Waals surface area contributed by atoms with Gasteiger partial charge < -0.3 is 10.6 Å². The summed E-state index contributed by atoms with van der Waals surface area (Å²) in [6.45, 7) is 3.67. The Hall–Kier alpha value is -2.13. The predicted octanol–water partition coefficient (Wildman–Crippen LogP) is 3.87. The second-order valence-corrected chi connectivity index (χ2v) is 6.68. The summed E-state index contributed by atoms with van der Waals surface area (Å²) in [6.07, 6.45) is 4.29. The number of rotatable bonds is 4. The van der Waals surface area contributed by atoms with E-state index in [-0.39, 0.29) is 11.9 Å². The normalized spacial score (nSPS) is 17.8. The molecule has 0 saturated carbocycles. The topological polar surface area (TPSA) is 46.3 Å². The summed E-state index contributed by atoms with van der Waals surface area (Å²) >= 11 is 0. The molecular formula is C21H26N2O. The van der Waals surface area contributed by atoms with E-state index in [2.05, 4.69) is 31.2 Å². The van der Waals surface area contributed by atoms with Gasteiger partial charge in [-0.15, -0.1) is 0 Å². The van der Waals surface area contributed by atoms with Crippen LogP contribution < -0.4 is 5.73 Å². The molecule has 1 saturated heterocycles. The highest BCUT2D eigenvalue weighted by atomic mass is 16.2. The van der Waals surface area contributed by atoms with Crippen LogP contribution in [0.15, 0.2) is 48.5 Å². The molecule has 126 valence electrons. The van der Waals surface area contributed by atoms with Gasteiger partial charge in [-0.25, -0.2) is 0 Å². The molecule has 1 aliphatic rings. The molecule has 3 nitrogen and oxygen atoms in total. The first kappa shape index (κ1) is 16.7. The van der Waals surface area contributed by atoms with Crippen LogP contribution in [0.3, 0.4) is 0 Å². The van der Waals surface area contributed by atoms with Gasteiger partial charge in [-0.3, -0.25) is 4.79 Å². The highest BCUT2D eigenvalue weighted by Gasteiger charge is 2.22. The summed E-state index contributed by atoms with van der Waals surface area (Å²) in [5, 5.41) is 0. The fraction of sp³-hybridized carbons (Fsp3) is 0.381. The van der Waals surface area contributed by atoms with E-state index in [9.17, 15) is 4.79 Å². The Morgan fingerprint density at radius 3 is 2.29 bits per heavy atom. The van der Waals surface area contributed by atoms with E-state index in [0.29, 0.717) is 6.54 Å². The third-order valence-corrected chi connectivity index (χ3v) is 4.70. The summed E-state index contributed by atoms with van der Waals surface area (Å²) in [7, 11) is 0.